The summed E-state index contributed by atoms with van der Waals surface area (Å²) in [6.07, 6.45) is 0.907. The Morgan fingerprint density at radius 1 is 1.11 bits per heavy atom. The first-order chi connectivity index (χ1) is 13.4. The van der Waals surface area contributed by atoms with Gasteiger partial charge in [0.05, 0.1) is 24.7 Å². The quantitative estimate of drug-likeness (QED) is 0.704. The summed E-state index contributed by atoms with van der Waals surface area (Å²) in [5.74, 6) is 1.59. The summed E-state index contributed by atoms with van der Waals surface area (Å²) >= 11 is 0. The molecule has 0 spiro atoms. The first kappa shape index (κ1) is 20.6. The average Bonchev–Trinajstić information content (AvgIpc) is 3.11. The molecule has 0 atom stereocenters. The van der Waals surface area contributed by atoms with Gasteiger partial charge in [0.15, 0.2) is 0 Å². The Labute approximate surface area is 165 Å². The molecule has 0 unspecified atom stereocenters. The Kier molecular flexibility index (Phi) is 6.53. The van der Waals surface area contributed by atoms with E-state index < -0.39 is 10.0 Å². The molecule has 0 bridgehead atoms. The molecule has 2 heterocycles. The normalized spacial score (nSPS) is 15.5. The molecule has 0 N–H and O–H groups in total. The van der Waals surface area contributed by atoms with Gasteiger partial charge in [-0.15, -0.1) is 0 Å². The topological polar surface area (TPSA) is 80.1 Å². The summed E-state index contributed by atoms with van der Waals surface area (Å²) < 4.78 is 37.4. The highest BCUT2D eigenvalue weighted by molar-refractivity contribution is 7.89. The second-order valence-corrected chi connectivity index (χ2v) is 8.86. The van der Waals surface area contributed by atoms with E-state index in [0.29, 0.717) is 45.7 Å². The van der Waals surface area contributed by atoms with Crippen LogP contribution >= 0.6 is 0 Å². The van der Waals surface area contributed by atoms with E-state index in [9.17, 15) is 13.2 Å². The zero-order chi connectivity index (χ0) is 20.1. The highest BCUT2D eigenvalue weighted by Gasteiger charge is 2.26. The van der Waals surface area contributed by atoms with Crippen LogP contribution in [0.3, 0.4) is 0 Å². The molecule has 1 aromatic heterocycles. The molecule has 0 radical (unpaired) electrons. The van der Waals surface area contributed by atoms with Gasteiger partial charge in [-0.2, -0.15) is 4.31 Å². The van der Waals surface area contributed by atoms with E-state index in [1.54, 1.807) is 36.2 Å². The van der Waals surface area contributed by atoms with E-state index in [0.717, 1.165) is 17.1 Å². The molecule has 1 fully saturated rings. The predicted molar refractivity (Wildman–Crippen MR) is 104 cm³/mol. The minimum atomic E-state index is -3.49. The second-order valence-electron chi connectivity index (χ2n) is 6.92. The van der Waals surface area contributed by atoms with Gasteiger partial charge in [0.2, 0.25) is 15.9 Å². The van der Waals surface area contributed by atoms with E-state index in [1.807, 2.05) is 19.1 Å². The molecular weight excluding hydrogens is 380 g/mol. The van der Waals surface area contributed by atoms with Crippen LogP contribution in [0.1, 0.15) is 23.5 Å². The Hall–Kier alpha value is -2.16. The first-order valence-electron chi connectivity index (χ1n) is 9.32. The van der Waals surface area contributed by atoms with Crippen molar-refractivity contribution in [3.63, 3.8) is 0 Å². The number of rotatable bonds is 7. The van der Waals surface area contributed by atoms with Crippen LogP contribution in [-0.2, 0) is 32.5 Å². The molecule has 2 aromatic rings. The maximum atomic E-state index is 12.6. The number of sulfonamides is 1. The van der Waals surface area contributed by atoms with Crippen molar-refractivity contribution < 1.29 is 22.4 Å². The number of nitrogens with zero attached hydrogens (tertiary/aromatic N) is 2. The predicted octanol–water partition coefficient (Wildman–Crippen LogP) is 2.20. The molecule has 1 saturated heterocycles. The van der Waals surface area contributed by atoms with Crippen molar-refractivity contribution in [1.29, 1.82) is 0 Å². The number of carbonyl (C=O) groups is 1. The lowest BCUT2D eigenvalue weighted by Crippen LogP contribution is -2.40. The molecular formula is C20H26N2O5S. The lowest BCUT2D eigenvalue weighted by molar-refractivity contribution is -0.130. The fraction of sp³-hybridized carbons (Fsp3) is 0.450. The Bertz CT molecular complexity index is 899. The van der Waals surface area contributed by atoms with Crippen molar-refractivity contribution in [2.45, 2.75) is 31.2 Å². The Morgan fingerprint density at radius 3 is 2.39 bits per heavy atom. The van der Waals surface area contributed by atoms with E-state index in [-0.39, 0.29) is 10.8 Å². The molecule has 1 aromatic carbocycles. The zero-order valence-corrected chi connectivity index (χ0v) is 17.1. The third-order valence-electron chi connectivity index (χ3n) is 4.77. The monoisotopic (exact) mass is 406 g/mol. The van der Waals surface area contributed by atoms with E-state index in [1.165, 1.54) is 4.31 Å². The molecule has 1 amide bonds. The Balaban J connectivity index is 1.54. The number of ether oxygens (including phenoxy) is 1. The molecule has 28 heavy (non-hydrogen) atoms. The van der Waals surface area contributed by atoms with Gasteiger partial charge < -0.3 is 14.1 Å². The second kappa shape index (κ2) is 8.89. The average molecular weight is 407 g/mol. The standard InChI is InChI=1S/C20H26N2O5S/c1-16-3-7-18(27-16)15-21(2)20(23)10-6-17-4-8-19(9-5-17)28(24,25)22-11-13-26-14-12-22/h3-5,7-9H,6,10-15H2,1-2H3. The van der Waals surface area contributed by atoms with Gasteiger partial charge in [-0.1, -0.05) is 12.1 Å². The smallest absolute Gasteiger partial charge is 0.243 e. The summed E-state index contributed by atoms with van der Waals surface area (Å²) in [5, 5.41) is 0. The van der Waals surface area contributed by atoms with Crippen molar-refractivity contribution in [2.24, 2.45) is 0 Å². The van der Waals surface area contributed by atoms with Crippen LogP contribution in [0.4, 0.5) is 0 Å². The maximum Gasteiger partial charge on any atom is 0.243 e. The largest absolute Gasteiger partial charge is 0.464 e. The number of aryl methyl sites for hydroxylation is 2. The van der Waals surface area contributed by atoms with Crippen LogP contribution in [0.25, 0.3) is 0 Å². The van der Waals surface area contributed by atoms with Crippen molar-refractivity contribution in [1.82, 2.24) is 9.21 Å². The lowest BCUT2D eigenvalue weighted by Gasteiger charge is -2.26. The van der Waals surface area contributed by atoms with Crippen molar-refractivity contribution in [2.75, 3.05) is 33.4 Å². The first-order valence-corrected chi connectivity index (χ1v) is 10.8. The number of carbonyl (C=O) groups excluding carboxylic acids is 1. The summed E-state index contributed by atoms with van der Waals surface area (Å²) in [6.45, 7) is 3.90. The van der Waals surface area contributed by atoms with Crippen LogP contribution in [0.2, 0.25) is 0 Å². The van der Waals surface area contributed by atoms with Crippen LogP contribution in [0.15, 0.2) is 45.7 Å². The number of morpholine rings is 1. The van der Waals surface area contributed by atoms with Gasteiger partial charge in [-0.25, -0.2) is 8.42 Å². The number of hydrogen-bond acceptors (Lipinski definition) is 5. The number of amides is 1. The van der Waals surface area contributed by atoms with Crippen LogP contribution in [0.5, 0.6) is 0 Å². The van der Waals surface area contributed by atoms with E-state index in [4.69, 9.17) is 9.15 Å². The van der Waals surface area contributed by atoms with Gasteiger partial charge in [0.1, 0.15) is 11.5 Å². The third kappa shape index (κ3) is 5.01. The molecule has 8 heteroatoms. The van der Waals surface area contributed by atoms with Gasteiger partial charge in [-0.05, 0) is 43.2 Å². The van der Waals surface area contributed by atoms with E-state index >= 15 is 0 Å². The summed E-state index contributed by atoms with van der Waals surface area (Å²) in [7, 11) is -1.74. The SMILES string of the molecule is Cc1ccc(CN(C)C(=O)CCc2ccc(S(=O)(=O)N3CCOCC3)cc2)o1. The number of furan rings is 1. The van der Waals surface area contributed by atoms with Gasteiger partial charge in [0.25, 0.3) is 0 Å². The molecule has 0 saturated carbocycles. The van der Waals surface area contributed by atoms with Crippen LogP contribution in [0, 0.1) is 6.92 Å². The zero-order valence-electron chi connectivity index (χ0n) is 16.3. The fourth-order valence-corrected chi connectivity index (χ4v) is 4.51. The van der Waals surface area contributed by atoms with Gasteiger partial charge in [-0.3, -0.25) is 4.79 Å². The highest BCUT2D eigenvalue weighted by Crippen LogP contribution is 2.18. The number of benzene rings is 1. The molecule has 1 aliphatic heterocycles. The fourth-order valence-electron chi connectivity index (χ4n) is 3.10. The molecule has 3 rings (SSSR count). The van der Waals surface area contributed by atoms with Crippen molar-refractivity contribution >= 4 is 15.9 Å². The lowest BCUT2D eigenvalue weighted by atomic mass is 10.1. The molecule has 152 valence electrons. The minimum absolute atomic E-state index is 0.0130. The summed E-state index contributed by atoms with van der Waals surface area (Å²) in [4.78, 5) is 14.2. The van der Waals surface area contributed by atoms with E-state index in [2.05, 4.69) is 0 Å². The van der Waals surface area contributed by atoms with Crippen LogP contribution < -0.4 is 0 Å². The Morgan fingerprint density at radius 2 is 1.79 bits per heavy atom. The summed E-state index contributed by atoms with van der Waals surface area (Å²) in [5.41, 5.74) is 0.927. The van der Waals surface area contributed by atoms with Gasteiger partial charge >= 0.3 is 0 Å². The molecule has 0 aliphatic carbocycles. The molecule has 1 aliphatic rings. The number of hydrogen-bond donors (Lipinski definition) is 0. The van der Waals surface area contributed by atoms with Crippen molar-refractivity contribution in [3.05, 3.63) is 53.5 Å². The molecule has 7 nitrogen and oxygen atoms in total. The third-order valence-corrected chi connectivity index (χ3v) is 6.69. The van der Waals surface area contributed by atoms with Gasteiger partial charge in [0, 0.05) is 26.6 Å². The maximum absolute atomic E-state index is 12.6. The van der Waals surface area contributed by atoms with Crippen LogP contribution in [-0.4, -0.2) is 56.9 Å². The highest BCUT2D eigenvalue weighted by atomic mass is 32.2. The van der Waals surface area contributed by atoms with Crippen molar-refractivity contribution in [3.8, 4) is 0 Å². The minimum Gasteiger partial charge on any atom is -0.464 e. The summed E-state index contributed by atoms with van der Waals surface area (Å²) in [6, 6.07) is 10.5.